The van der Waals surface area contributed by atoms with Gasteiger partial charge < -0.3 is 46.8 Å². The van der Waals surface area contributed by atoms with E-state index in [4.69, 9.17) is 31.7 Å². The molecule has 5 aromatic rings. The Morgan fingerprint density at radius 3 is 2.56 bits per heavy atom. The average molecular weight is 1030 g/mol. The number of carbonyl (C=O) groups excluding carboxylic acids is 6. The van der Waals surface area contributed by atoms with Crippen molar-refractivity contribution >= 4 is 52.9 Å². The zero-order valence-corrected chi connectivity index (χ0v) is 41.9. The fourth-order valence-corrected chi connectivity index (χ4v) is 8.29. The summed E-state index contributed by atoms with van der Waals surface area (Å²) in [5, 5.41) is 7.72. The summed E-state index contributed by atoms with van der Waals surface area (Å²) in [5.74, 6) is -0.478. The third-order valence-electron chi connectivity index (χ3n) is 11.9. The number of likely N-dealkylation sites (N-methyl/N-ethyl adjacent to an activating group) is 1. The van der Waals surface area contributed by atoms with E-state index in [2.05, 4.69) is 33.1 Å². The molecule has 4 heterocycles. The van der Waals surface area contributed by atoms with Crippen molar-refractivity contribution in [1.29, 1.82) is 0 Å². The molecule has 70 heavy (non-hydrogen) atoms. The fraction of sp³-hybridized carbons (Fsp3) is 0.340. The number of likely N-dealkylation sites (tertiary alicyclic amines) is 1. The number of hydrogen-bond donors (Lipinski definition) is 2. The summed E-state index contributed by atoms with van der Waals surface area (Å²) in [5.41, 5.74) is 8.68. The fourth-order valence-electron chi connectivity index (χ4n) is 8.29. The van der Waals surface area contributed by atoms with Gasteiger partial charge in [-0.2, -0.15) is 29.4 Å². The number of halogens is 1. The number of rotatable bonds is 15. The van der Waals surface area contributed by atoms with Crippen molar-refractivity contribution in [3.8, 4) is 22.8 Å². The quantitative estimate of drug-likeness (QED) is 0.0610. The van der Waals surface area contributed by atoms with Gasteiger partial charge in [0, 0.05) is 83.0 Å². The number of ketones is 2. The Kier molecular flexibility index (Phi) is 20.0. The van der Waals surface area contributed by atoms with Crippen molar-refractivity contribution < 1.29 is 75.3 Å². The van der Waals surface area contributed by atoms with Crippen molar-refractivity contribution in [2.24, 2.45) is 0 Å². The molecule has 1 saturated carbocycles. The monoisotopic (exact) mass is 1030 g/mol. The maximum atomic E-state index is 15.6. The second kappa shape index (κ2) is 25.8. The molecule has 8 rings (SSSR count). The Balaban J connectivity index is 0.000000361. The Hall–Kier alpha value is -6.72. The van der Waals surface area contributed by atoms with Crippen molar-refractivity contribution in [1.82, 2.24) is 39.8 Å². The van der Waals surface area contributed by atoms with E-state index in [9.17, 15) is 24.0 Å². The zero-order chi connectivity index (χ0) is 49.6. The maximum Gasteiger partial charge on any atom is 0.252 e. The molecule has 2 aromatic heterocycles. The van der Waals surface area contributed by atoms with E-state index in [0.717, 1.165) is 12.0 Å². The minimum atomic E-state index is -0.555. The third-order valence-corrected chi connectivity index (χ3v) is 11.9. The van der Waals surface area contributed by atoms with Crippen LogP contribution in [0.5, 0.6) is 11.5 Å². The normalized spacial score (nSPS) is 16.8. The first-order valence-electron chi connectivity index (χ1n) is 22.2. The van der Waals surface area contributed by atoms with Gasteiger partial charge in [-0.15, -0.1) is 5.56 Å². The summed E-state index contributed by atoms with van der Waals surface area (Å²) < 4.78 is 28.6. The number of nitrogens with one attached hydrogen (secondary N) is 1. The third kappa shape index (κ3) is 13.3. The average Bonchev–Trinajstić information content (AvgIpc) is 4.06. The van der Waals surface area contributed by atoms with E-state index < -0.39 is 11.9 Å². The molecule has 3 atom stereocenters. The maximum absolute atomic E-state index is 15.6. The molecule has 20 heteroatoms. The summed E-state index contributed by atoms with van der Waals surface area (Å²) >= 11 is 0. The van der Waals surface area contributed by atoms with Crippen molar-refractivity contribution in [2.45, 2.75) is 70.2 Å². The molecule has 363 valence electrons. The molecule has 3 amide bonds. The molecule has 0 bridgehead atoms. The number of aromatic nitrogens is 4. The number of nitrogens with two attached hydrogens (primary N) is 1. The van der Waals surface area contributed by atoms with E-state index in [0.29, 0.717) is 86.8 Å². The summed E-state index contributed by atoms with van der Waals surface area (Å²) in [6.45, 7) is 17.8. The number of nitrogens with zero attached hydrogens (tertiary/aromatic N) is 8. The zero-order valence-electron chi connectivity index (χ0n) is 39.0. The summed E-state index contributed by atoms with van der Waals surface area (Å²) in [7, 11) is 1.88. The first-order valence-corrected chi connectivity index (χ1v) is 22.2. The first-order chi connectivity index (χ1) is 33.3. The van der Waals surface area contributed by atoms with Gasteiger partial charge in [-0.05, 0) is 57.5 Å². The number of Topliss-reactive ketones (excluding diaryl/α,β-unsaturated/α-hetero) is 2. The molecule has 3 N–H and O–H groups in total. The van der Waals surface area contributed by atoms with E-state index >= 15 is 4.39 Å². The van der Waals surface area contributed by atoms with Gasteiger partial charge in [0.05, 0.1) is 56.1 Å². The standard InChI is InChI=1S/C35H39FN9O4.C14H12NO3.CH2O.Y/c1-23(43(4)16-18-48-17-14-39-24(2)46)19-30(38-3)35(47)44-15-8-9-25(44)21-45-34-31(33(37)40-22-41-34)32(42-45)28-13-12-27(20-29(28)36)49-26-10-6-5-7-11-26;16-10-5-6-12(13(17)7-10)15-8-9-3-1-2-4-11(9)14(15)18;1-2;/h5-7,10-13,19-20,22-23,25H,2,8-9,14-18,21H2,1,4H3,(H,39,46)(H2,37,40,41);1-2,4,12H,5-8H2;1H2;/q2*-1;;/b30-19-;;;/t23?,25-;;;/m0.../s1. The van der Waals surface area contributed by atoms with Crippen molar-refractivity contribution in [3.63, 3.8) is 0 Å². The number of carbonyl (C=O) groups is 6. The van der Waals surface area contributed by atoms with Crippen LogP contribution in [0.2, 0.25) is 0 Å². The molecular formula is C50H53FN10O8Y-2. The summed E-state index contributed by atoms with van der Waals surface area (Å²) in [6, 6.07) is 21.0. The van der Waals surface area contributed by atoms with Crippen LogP contribution in [-0.2, 0) is 74.5 Å². The molecule has 2 aliphatic heterocycles. The Bertz CT molecular complexity index is 2750. The number of para-hydroxylation sites is 1. The van der Waals surface area contributed by atoms with Crippen LogP contribution in [0.15, 0.2) is 84.8 Å². The van der Waals surface area contributed by atoms with Crippen molar-refractivity contribution in [2.75, 3.05) is 45.6 Å². The molecule has 1 radical (unpaired) electrons. The van der Waals surface area contributed by atoms with Crippen LogP contribution in [0.3, 0.4) is 0 Å². The van der Waals surface area contributed by atoms with E-state index in [1.165, 1.54) is 12.4 Å². The van der Waals surface area contributed by atoms with Gasteiger partial charge in [-0.3, -0.25) is 24.1 Å². The van der Waals surface area contributed by atoms with Gasteiger partial charge in [0.2, 0.25) is 5.70 Å². The minimum Gasteiger partial charge on any atom is -0.457 e. The second-order valence-corrected chi connectivity index (χ2v) is 16.4. The molecule has 2 unspecified atom stereocenters. The number of fused-ring (bicyclic) bond motifs is 2. The van der Waals surface area contributed by atoms with Crippen LogP contribution in [0.25, 0.3) is 27.1 Å². The van der Waals surface area contributed by atoms with Gasteiger partial charge in [0.25, 0.3) is 5.91 Å². The van der Waals surface area contributed by atoms with E-state index in [1.807, 2.05) is 43.9 Å². The molecular weight excluding hydrogens is 977 g/mol. The predicted octanol–water partition coefficient (Wildman–Crippen LogP) is 5.03. The van der Waals surface area contributed by atoms with Crippen molar-refractivity contribution in [3.05, 3.63) is 126 Å². The Morgan fingerprint density at radius 2 is 1.86 bits per heavy atom. The van der Waals surface area contributed by atoms with Crippen LogP contribution >= 0.6 is 0 Å². The number of hydrogen-bond acceptors (Lipinski definition) is 13. The largest absolute Gasteiger partial charge is 0.457 e. The van der Waals surface area contributed by atoms with E-state index in [1.54, 1.807) is 63.0 Å². The number of anilines is 1. The second-order valence-electron chi connectivity index (χ2n) is 16.4. The van der Waals surface area contributed by atoms with Gasteiger partial charge >= 0.3 is 0 Å². The van der Waals surface area contributed by atoms with Gasteiger partial charge in [-0.25, -0.2) is 23.9 Å². The Labute approximate surface area is 430 Å². The SMILES string of the molecule is C=O.O=C1CCC(N2Cc3[c-]cccc3C2=O)C(=O)C1.[C-]#[N+]/C(=C\C(C)N(C)CCOCCNC([CH2-])=O)C(=O)N1CCC[C@H]1Cn1nc(-c2ccc(Oc3ccccc3)cc2F)c2c(N)ncnc21.[Y]. The van der Waals surface area contributed by atoms with Gasteiger partial charge in [0.15, 0.2) is 17.3 Å². The molecule has 3 aliphatic rings. The van der Waals surface area contributed by atoms with Crippen LogP contribution in [-0.4, -0.2) is 129 Å². The number of nitrogen functional groups attached to an aromatic ring is 1. The van der Waals surface area contributed by atoms with Crippen LogP contribution in [0.1, 0.15) is 54.9 Å². The minimum absolute atomic E-state index is 0. The number of amides is 3. The molecule has 3 aromatic carbocycles. The molecule has 18 nitrogen and oxygen atoms in total. The number of ether oxygens (including phenoxy) is 2. The van der Waals surface area contributed by atoms with Crippen LogP contribution < -0.4 is 15.8 Å². The van der Waals surface area contributed by atoms with Crippen LogP contribution in [0.4, 0.5) is 10.2 Å². The topological polar surface area (TPSA) is 217 Å². The van der Waals surface area contributed by atoms with Gasteiger partial charge in [-0.1, -0.05) is 29.8 Å². The molecule has 0 spiro atoms. The van der Waals surface area contributed by atoms with Crippen LogP contribution in [0, 0.1) is 25.4 Å². The molecule has 1 aliphatic carbocycles. The van der Waals surface area contributed by atoms with E-state index in [-0.39, 0.29) is 110 Å². The smallest absolute Gasteiger partial charge is 0.252 e. The molecule has 1 saturated heterocycles. The number of benzene rings is 3. The summed E-state index contributed by atoms with van der Waals surface area (Å²) in [6.07, 6.45) is 5.25. The summed E-state index contributed by atoms with van der Waals surface area (Å²) in [4.78, 5) is 85.2. The first kappa shape index (κ1) is 54.2. The molecule has 2 fully saturated rings. The van der Waals surface area contributed by atoms with Gasteiger partial charge in [0.1, 0.15) is 47.7 Å². The Morgan fingerprint density at radius 1 is 1.09 bits per heavy atom. The predicted molar refractivity (Wildman–Crippen MR) is 252 cm³/mol.